The van der Waals surface area contributed by atoms with E-state index in [1.807, 2.05) is 0 Å². The van der Waals surface area contributed by atoms with Crippen molar-refractivity contribution in [3.05, 3.63) is 17.5 Å². The fourth-order valence-corrected chi connectivity index (χ4v) is 3.15. The average molecular weight is 271 g/mol. The standard InChI is InChI=1S/C13H19F2N3O/c1-18-7-8(12(17-18)13(14)15)6-16-10-5-11-9(10)3-2-4-19-11/h7,9-11,13,16H,2-6H2,1H3. The SMILES string of the molecule is Cn1cc(CNC2CC3OCCCC23)c(C(F)F)n1. The van der Waals surface area contributed by atoms with Crippen molar-refractivity contribution in [3.63, 3.8) is 0 Å². The van der Waals surface area contributed by atoms with Crippen molar-refractivity contribution in [2.75, 3.05) is 6.61 Å². The van der Waals surface area contributed by atoms with Crippen LogP contribution in [-0.2, 0) is 18.3 Å². The first-order chi connectivity index (χ1) is 9.15. The molecule has 4 nitrogen and oxygen atoms in total. The molecule has 0 aromatic carbocycles. The summed E-state index contributed by atoms with van der Waals surface area (Å²) < 4.78 is 32.7. The van der Waals surface area contributed by atoms with Crippen LogP contribution in [0.5, 0.6) is 0 Å². The number of halogens is 2. The van der Waals surface area contributed by atoms with Gasteiger partial charge in [-0.05, 0) is 19.3 Å². The second kappa shape index (κ2) is 5.17. The van der Waals surface area contributed by atoms with Gasteiger partial charge in [0.1, 0.15) is 5.69 Å². The molecule has 2 heterocycles. The normalized spacial score (nSPS) is 30.2. The first-order valence-electron chi connectivity index (χ1n) is 6.80. The Morgan fingerprint density at radius 2 is 2.42 bits per heavy atom. The highest BCUT2D eigenvalue weighted by Gasteiger charge is 2.42. The van der Waals surface area contributed by atoms with Gasteiger partial charge < -0.3 is 10.1 Å². The Labute approximate surface area is 111 Å². The van der Waals surface area contributed by atoms with Gasteiger partial charge in [-0.3, -0.25) is 4.68 Å². The topological polar surface area (TPSA) is 39.1 Å². The van der Waals surface area contributed by atoms with Crippen LogP contribution >= 0.6 is 0 Å². The summed E-state index contributed by atoms with van der Waals surface area (Å²) in [7, 11) is 1.67. The molecule has 1 aliphatic carbocycles. The fraction of sp³-hybridized carbons (Fsp3) is 0.769. The van der Waals surface area contributed by atoms with Crippen LogP contribution in [0.3, 0.4) is 0 Å². The fourth-order valence-electron chi connectivity index (χ4n) is 3.15. The van der Waals surface area contributed by atoms with E-state index in [0.29, 0.717) is 30.2 Å². The maximum absolute atomic E-state index is 12.8. The molecule has 2 fully saturated rings. The van der Waals surface area contributed by atoms with Gasteiger partial charge in [0.25, 0.3) is 6.43 Å². The summed E-state index contributed by atoms with van der Waals surface area (Å²) in [6.45, 7) is 1.33. The van der Waals surface area contributed by atoms with Crippen LogP contribution in [0.4, 0.5) is 8.78 Å². The molecule has 1 N–H and O–H groups in total. The lowest BCUT2D eigenvalue weighted by molar-refractivity contribution is -0.103. The number of ether oxygens (including phenoxy) is 1. The molecule has 3 unspecified atom stereocenters. The van der Waals surface area contributed by atoms with Gasteiger partial charge in [0.2, 0.25) is 0 Å². The first-order valence-corrected chi connectivity index (χ1v) is 6.80. The maximum Gasteiger partial charge on any atom is 0.282 e. The van der Waals surface area contributed by atoms with Crippen LogP contribution < -0.4 is 5.32 Å². The molecule has 3 atom stereocenters. The lowest BCUT2D eigenvalue weighted by atomic mass is 9.72. The zero-order valence-corrected chi connectivity index (χ0v) is 11.0. The summed E-state index contributed by atoms with van der Waals surface area (Å²) >= 11 is 0. The molecule has 6 heteroatoms. The van der Waals surface area contributed by atoms with E-state index in [2.05, 4.69) is 10.4 Å². The lowest BCUT2D eigenvalue weighted by Gasteiger charge is -2.47. The molecule has 1 saturated carbocycles. The van der Waals surface area contributed by atoms with Gasteiger partial charge in [0.05, 0.1) is 6.10 Å². The number of aryl methyl sites for hydroxylation is 1. The predicted octanol–water partition coefficient (Wildman–Crippen LogP) is 2.01. The van der Waals surface area contributed by atoms with Gasteiger partial charge >= 0.3 is 0 Å². The summed E-state index contributed by atoms with van der Waals surface area (Å²) in [5.74, 6) is 0.556. The molecule has 1 aliphatic heterocycles. The summed E-state index contributed by atoms with van der Waals surface area (Å²) in [6.07, 6.45) is 2.82. The van der Waals surface area contributed by atoms with Crippen molar-refractivity contribution in [1.82, 2.24) is 15.1 Å². The molecule has 19 heavy (non-hydrogen) atoms. The molecule has 106 valence electrons. The Balaban J connectivity index is 1.58. The molecular weight excluding hydrogens is 252 g/mol. The highest BCUT2D eigenvalue weighted by Crippen LogP contribution is 2.38. The number of fused-ring (bicyclic) bond motifs is 1. The summed E-state index contributed by atoms with van der Waals surface area (Å²) in [4.78, 5) is 0. The second-order valence-corrected chi connectivity index (χ2v) is 5.45. The largest absolute Gasteiger partial charge is 0.378 e. The van der Waals surface area contributed by atoms with Gasteiger partial charge in [-0.2, -0.15) is 5.10 Å². The number of nitrogens with zero attached hydrogens (tertiary/aromatic N) is 2. The van der Waals surface area contributed by atoms with Crippen LogP contribution in [0.2, 0.25) is 0 Å². The summed E-state index contributed by atoms with van der Waals surface area (Å²) in [5, 5.41) is 7.19. The van der Waals surface area contributed by atoms with Crippen LogP contribution in [0.25, 0.3) is 0 Å². The number of alkyl halides is 2. The number of hydrogen-bond donors (Lipinski definition) is 1. The Morgan fingerprint density at radius 1 is 1.58 bits per heavy atom. The Kier molecular flexibility index (Phi) is 3.54. The minimum Gasteiger partial charge on any atom is -0.378 e. The van der Waals surface area contributed by atoms with Crippen LogP contribution in [0.1, 0.15) is 36.9 Å². The van der Waals surface area contributed by atoms with Crippen molar-refractivity contribution in [1.29, 1.82) is 0 Å². The molecular formula is C13H19F2N3O. The zero-order valence-electron chi connectivity index (χ0n) is 11.0. The Bertz CT molecular complexity index is 449. The molecule has 2 aliphatic rings. The Hall–Kier alpha value is -1.01. The maximum atomic E-state index is 12.8. The molecule has 0 radical (unpaired) electrons. The monoisotopic (exact) mass is 271 g/mol. The molecule has 1 aromatic rings. The van der Waals surface area contributed by atoms with Crippen molar-refractivity contribution >= 4 is 0 Å². The second-order valence-electron chi connectivity index (χ2n) is 5.45. The number of hydrogen-bond acceptors (Lipinski definition) is 3. The van der Waals surface area contributed by atoms with E-state index in [1.165, 1.54) is 11.1 Å². The quantitative estimate of drug-likeness (QED) is 0.910. The lowest BCUT2D eigenvalue weighted by Crippen LogP contribution is -2.56. The van der Waals surface area contributed by atoms with Gasteiger partial charge in [-0.1, -0.05) is 0 Å². The molecule has 0 spiro atoms. The predicted molar refractivity (Wildman–Crippen MR) is 65.9 cm³/mol. The van der Waals surface area contributed by atoms with E-state index >= 15 is 0 Å². The smallest absolute Gasteiger partial charge is 0.282 e. The number of rotatable bonds is 4. The Morgan fingerprint density at radius 3 is 3.16 bits per heavy atom. The van der Waals surface area contributed by atoms with Crippen molar-refractivity contribution < 1.29 is 13.5 Å². The molecule has 0 bridgehead atoms. The molecule has 3 rings (SSSR count). The van der Waals surface area contributed by atoms with Crippen molar-refractivity contribution in [2.24, 2.45) is 13.0 Å². The third kappa shape index (κ3) is 2.51. The van der Waals surface area contributed by atoms with Crippen molar-refractivity contribution in [2.45, 2.75) is 44.4 Å². The van der Waals surface area contributed by atoms with Crippen molar-refractivity contribution in [3.8, 4) is 0 Å². The average Bonchev–Trinajstić information content (AvgIpc) is 2.72. The summed E-state index contributed by atoms with van der Waals surface area (Å²) in [5.41, 5.74) is 0.489. The van der Waals surface area contributed by atoms with E-state index in [9.17, 15) is 8.78 Å². The minimum absolute atomic E-state index is 0.106. The van der Waals surface area contributed by atoms with E-state index < -0.39 is 6.43 Å². The van der Waals surface area contributed by atoms with Crippen LogP contribution in [-0.4, -0.2) is 28.5 Å². The zero-order chi connectivity index (χ0) is 13.4. The highest BCUT2D eigenvalue weighted by atomic mass is 19.3. The highest BCUT2D eigenvalue weighted by molar-refractivity contribution is 5.18. The van der Waals surface area contributed by atoms with Gasteiger partial charge in [-0.15, -0.1) is 0 Å². The van der Waals surface area contributed by atoms with Gasteiger partial charge in [-0.25, -0.2) is 8.78 Å². The first kappa shape index (κ1) is 13.0. The number of aromatic nitrogens is 2. The molecule has 0 amide bonds. The van der Waals surface area contributed by atoms with Gasteiger partial charge in [0, 0.05) is 43.9 Å². The van der Waals surface area contributed by atoms with Gasteiger partial charge in [0.15, 0.2) is 0 Å². The molecule has 1 saturated heterocycles. The van der Waals surface area contributed by atoms with E-state index in [1.54, 1.807) is 13.2 Å². The number of nitrogens with one attached hydrogen (secondary N) is 1. The third-order valence-corrected chi connectivity index (χ3v) is 4.19. The minimum atomic E-state index is -2.51. The van der Waals surface area contributed by atoms with E-state index in [4.69, 9.17) is 4.74 Å². The third-order valence-electron chi connectivity index (χ3n) is 4.19. The van der Waals surface area contributed by atoms with E-state index in [0.717, 1.165) is 19.4 Å². The van der Waals surface area contributed by atoms with Crippen LogP contribution in [0, 0.1) is 5.92 Å². The van der Waals surface area contributed by atoms with E-state index in [-0.39, 0.29) is 5.69 Å². The van der Waals surface area contributed by atoms with Crippen LogP contribution in [0.15, 0.2) is 6.20 Å². The summed E-state index contributed by atoms with van der Waals surface area (Å²) in [6, 6.07) is 0.399. The molecule has 1 aromatic heterocycles.